The van der Waals surface area contributed by atoms with E-state index in [-0.39, 0.29) is 6.61 Å². The molecule has 0 heterocycles. The predicted octanol–water partition coefficient (Wildman–Crippen LogP) is 2.24. The van der Waals surface area contributed by atoms with Gasteiger partial charge in [-0.1, -0.05) is 36.5 Å². The van der Waals surface area contributed by atoms with Gasteiger partial charge < -0.3 is 15.6 Å². The van der Waals surface area contributed by atoms with Crippen LogP contribution in [0.3, 0.4) is 0 Å². The molecule has 0 fully saturated rings. The van der Waals surface area contributed by atoms with Gasteiger partial charge in [0.1, 0.15) is 10.7 Å². The van der Waals surface area contributed by atoms with Crippen LogP contribution in [0.4, 0.5) is 0 Å². The summed E-state index contributed by atoms with van der Waals surface area (Å²) in [6.45, 7) is 0.621. The van der Waals surface area contributed by atoms with Crippen LogP contribution in [0.15, 0.2) is 36.4 Å². The number of benzene rings is 2. The van der Waals surface area contributed by atoms with Crippen molar-refractivity contribution in [2.75, 3.05) is 13.2 Å². The topological polar surface area (TPSA) is 55.5 Å². The van der Waals surface area contributed by atoms with Crippen LogP contribution >= 0.6 is 12.2 Å². The lowest BCUT2D eigenvalue weighted by atomic mass is 10.0. The summed E-state index contributed by atoms with van der Waals surface area (Å²) in [5.74, 6) is 0.791. The van der Waals surface area contributed by atoms with Crippen molar-refractivity contribution in [1.29, 1.82) is 0 Å². The monoisotopic (exact) mass is 261 g/mol. The molecule has 3 nitrogen and oxygen atoms in total. The van der Waals surface area contributed by atoms with Crippen molar-refractivity contribution in [3.63, 3.8) is 0 Å². The van der Waals surface area contributed by atoms with E-state index in [2.05, 4.69) is 0 Å². The van der Waals surface area contributed by atoms with Gasteiger partial charge in [-0.2, -0.15) is 0 Å². The Hall–Kier alpha value is -1.65. The highest BCUT2D eigenvalue weighted by atomic mass is 32.1. The van der Waals surface area contributed by atoms with Gasteiger partial charge in [0, 0.05) is 24.0 Å². The van der Waals surface area contributed by atoms with Gasteiger partial charge in [-0.3, -0.25) is 0 Å². The fraction of sp³-hybridized carbons (Fsp3) is 0.214. The maximum absolute atomic E-state index is 8.76. The second-order valence-electron chi connectivity index (χ2n) is 3.95. The van der Waals surface area contributed by atoms with Gasteiger partial charge in [-0.05, 0) is 17.5 Å². The molecule has 0 atom stereocenters. The summed E-state index contributed by atoms with van der Waals surface area (Å²) in [4.78, 5) is 0.383. The summed E-state index contributed by atoms with van der Waals surface area (Å²) >= 11 is 5.04. The summed E-state index contributed by atoms with van der Waals surface area (Å²) < 4.78 is 5.65. The van der Waals surface area contributed by atoms with E-state index in [1.54, 1.807) is 0 Å². The molecule has 0 aliphatic rings. The Labute approximate surface area is 111 Å². The number of fused-ring (bicyclic) bond motifs is 1. The van der Waals surface area contributed by atoms with Crippen LogP contribution in [0.2, 0.25) is 0 Å². The second kappa shape index (κ2) is 5.80. The third-order valence-electron chi connectivity index (χ3n) is 2.71. The molecule has 4 heteroatoms. The summed E-state index contributed by atoms with van der Waals surface area (Å²) in [5, 5.41) is 10.7. The minimum Gasteiger partial charge on any atom is -0.493 e. The molecule has 0 spiro atoms. The molecule has 3 N–H and O–H groups in total. The third-order valence-corrected chi connectivity index (χ3v) is 2.93. The van der Waals surface area contributed by atoms with Crippen molar-refractivity contribution < 1.29 is 9.84 Å². The van der Waals surface area contributed by atoms with Crippen LogP contribution in [-0.4, -0.2) is 23.3 Å². The Balaban J connectivity index is 2.44. The molecule has 2 rings (SSSR count). The second-order valence-corrected chi connectivity index (χ2v) is 4.39. The van der Waals surface area contributed by atoms with Crippen LogP contribution in [0.1, 0.15) is 12.0 Å². The van der Waals surface area contributed by atoms with Gasteiger partial charge in [-0.25, -0.2) is 0 Å². The number of aliphatic hydroxyl groups is 1. The van der Waals surface area contributed by atoms with Gasteiger partial charge in [0.15, 0.2) is 0 Å². The molecule has 18 heavy (non-hydrogen) atoms. The first kappa shape index (κ1) is 12.8. The highest BCUT2D eigenvalue weighted by Crippen LogP contribution is 2.28. The number of rotatable bonds is 5. The van der Waals surface area contributed by atoms with Crippen LogP contribution in [0, 0.1) is 0 Å². The van der Waals surface area contributed by atoms with Crippen molar-refractivity contribution in [2.45, 2.75) is 6.42 Å². The highest BCUT2D eigenvalue weighted by Gasteiger charge is 2.08. The van der Waals surface area contributed by atoms with E-state index < -0.39 is 0 Å². The molecular formula is C14H15NO2S. The largest absolute Gasteiger partial charge is 0.493 e. The van der Waals surface area contributed by atoms with E-state index in [1.165, 1.54) is 0 Å². The molecule has 2 aromatic rings. The zero-order valence-electron chi connectivity index (χ0n) is 9.93. The Morgan fingerprint density at radius 1 is 1.17 bits per heavy atom. The molecule has 0 aliphatic carbocycles. The van der Waals surface area contributed by atoms with Crippen molar-refractivity contribution in [3.8, 4) is 5.75 Å². The number of hydrogen-bond acceptors (Lipinski definition) is 3. The maximum atomic E-state index is 8.76. The van der Waals surface area contributed by atoms with Crippen molar-refractivity contribution in [2.24, 2.45) is 5.73 Å². The van der Waals surface area contributed by atoms with E-state index >= 15 is 0 Å². The lowest BCUT2D eigenvalue weighted by molar-refractivity contribution is 0.235. The van der Waals surface area contributed by atoms with Crippen LogP contribution in [0.25, 0.3) is 10.8 Å². The van der Waals surface area contributed by atoms with Gasteiger partial charge in [0.05, 0.1) is 6.61 Å². The van der Waals surface area contributed by atoms with Crippen LogP contribution in [0.5, 0.6) is 5.75 Å². The summed E-state index contributed by atoms with van der Waals surface area (Å²) in [6, 6.07) is 11.6. The number of thiocarbonyl (C=S) groups is 1. The first-order valence-electron chi connectivity index (χ1n) is 5.79. The SMILES string of the molecule is NC(=S)c1ccc(OCCCO)c2ccccc12. The van der Waals surface area contributed by atoms with Crippen molar-refractivity contribution >= 4 is 28.0 Å². The van der Waals surface area contributed by atoms with Gasteiger partial charge in [-0.15, -0.1) is 0 Å². The molecule has 2 aromatic carbocycles. The average molecular weight is 261 g/mol. The molecule has 94 valence electrons. The standard InChI is InChI=1S/C14H15NO2S/c15-14(18)12-6-7-13(17-9-3-8-16)11-5-2-1-4-10(11)12/h1-2,4-7,16H,3,8-9H2,(H2,15,18). The first-order chi connectivity index (χ1) is 8.74. The fourth-order valence-electron chi connectivity index (χ4n) is 1.86. The molecule has 0 saturated heterocycles. The Morgan fingerprint density at radius 2 is 1.89 bits per heavy atom. The van der Waals surface area contributed by atoms with Gasteiger partial charge >= 0.3 is 0 Å². The third kappa shape index (κ3) is 2.60. The van der Waals surface area contributed by atoms with Crippen molar-refractivity contribution in [3.05, 3.63) is 42.0 Å². The summed E-state index contributed by atoms with van der Waals surface area (Å²) in [5.41, 5.74) is 6.57. The molecule has 0 amide bonds. The predicted molar refractivity (Wildman–Crippen MR) is 77.0 cm³/mol. The minimum absolute atomic E-state index is 0.128. The zero-order valence-corrected chi connectivity index (χ0v) is 10.7. The maximum Gasteiger partial charge on any atom is 0.127 e. The number of ether oxygens (including phenoxy) is 1. The Kier molecular flexibility index (Phi) is 4.12. The number of aliphatic hydroxyl groups excluding tert-OH is 1. The zero-order chi connectivity index (χ0) is 13.0. The van der Waals surface area contributed by atoms with E-state index in [0.717, 1.165) is 22.1 Å². The summed E-state index contributed by atoms with van der Waals surface area (Å²) in [7, 11) is 0. The number of hydrogen-bond donors (Lipinski definition) is 2. The first-order valence-corrected chi connectivity index (χ1v) is 6.20. The molecule has 0 saturated carbocycles. The van der Waals surface area contributed by atoms with Gasteiger partial charge in [0.2, 0.25) is 0 Å². The van der Waals surface area contributed by atoms with E-state index in [4.69, 9.17) is 27.8 Å². The molecule has 0 aliphatic heterocycles. The van der Waals surface area contributed by atoms with Gasteiger partial charge in [0.25, 0.3) is 0 Å². The molecule has 0 bridgehead atoms. The Bertz CT molecular complexity index is 569. The quantitative estimate of drug-likeness (QED) is 0.640. The summed E-state index contributed by atoms with van der Waals surface area (Å²) in [6.07, 6.45) is 0.616. The normalized spacial score (nSPS) is 10.5. The molecule has 0 aromatic heterocycles. The molecule has 0 radical (unpaired) electrons. The van der Waals surface area contributed by atoms with Crippen LogP contribution in [-0.2, 0) is 0 Å². The van der Waals surface area contributed by atoms with Crippen LogP contribution < -0.4 is 10.5 Å². The Morgan fingerprint density at radius 3 is 2.56 bits per heavy atom. The highest BCUT2D eigenvalue weighted by molar-refractivity contribution is 7.80. The smallest absolute Gasteiger partial charge is 0.127 e. The minimum atomic E-state index is 0.128. The lowest BCUT2D eigenvalue weighted by Gasteiger charge is -2.11. The van der Waals surface area contributed by atoms with E-state index in [0.29, 0.717) is 18.0 Å². The number of nitrogens with two attached hydrogens (primary N) is 1. The molecule has 0 unspecified atom stereocenters. The van der Waals surface area contributed by atoms with E-state index in [9.17, 15) is 0 Å². The van der Waals surface area contributed by atoms with E-state index in [1.807, 2.05) is 36.4 Å². The molecular weight excluding hydrogens is 246 g/mol. The van der Waals surface area contributed by atoms with Crippen molar-refractivity contribution in [1.82, 2.24) is 0 Å². The fourth-order valence-corrected chi connectivity index (χ4v) is 2.04. The lowest BCUT2D eigenvalue weighted by Crippen LogP contribution is -2.10. The average Bonchev–Trinajstić information content (AvgIpc) is 2.38.